The second kappa shape index (κ2) is 9.11. The maximum absolute atomic E-state index is 12.2. The van der Waals surface area contributed by atoms with Crippen LogP contribution in [0.1, 0.15) is 10.4 Å². The van der Waals surface area contributed by atoms with Crippen molar-refractivity contribution in [2.45, 2.75) is 5.22 Å². The summed E-state index contributed by atoms with van der Waals surface area (Å²) in [7, 11) is 3.09. The Kier molecular flexibility index (Phi) is 6.35. The molecule has 2 aromatic carbocycles. The van der Waals surface area contributed by atoms with Crippen LogP contribution in [0.15, 0.2) is 52.1 Å². The van der Waals surface area contributed by atoms with Crippen LogP contribution in [0.3, 0.4) is 0 Å². The Labute approximate surface area is 170 Å². The third-order valence-electron chi connectivity index (χ3n) is 3.80. The average Bonchev–Trinajstić information content (AvgIpc) is 3.21. The van der Waals surface area contributed by atoms with Crippen LogP contribution in [0.4, 0.5) is 5.69 Å². The molecule has 0 aliphatic carbocycles. The van der Waals surface area contributed by atoms with Gasteiger partial charge in [0, 0.05) is 11.6 Å². The van der Waals surface area contributed by atoms with E-state index in [1.54, 1.807) is 50.6 Å². The summed E-state index contributed by atoms with van der Waals surface area (Å²) in [5, 5.41) is 10.8. The number of amides is 2. The van der Waals surface area contributed by atoms with E-state index < -0.39 is 5.91 Å². The number of methoxy groups -OCH3 is 2. The molecule has 0 radical (unpaired) electrons. The molecule has 0 atom stereocenters. The monoisotopic (exact) mass is 414 g/mol. The second-order valence-electron chi connectivity index (χ2n) is 5.72. The summed E-state index contributed by atoms with van der Waals surface area (Å²) in [6, 6.07) is 11.7. The Balaban J connectivity index is 1.65. The molecular formula is C19H18N4O5S. The number of anilines is 1. The first-order valence-electron chi connectivity index (χ1n) is 8.38. The van der Waals surface area contributed by atoms with E-state index >= 15 is 0 Å². The average molecular weight is 414 g/mol. The standard InChI is InChI=1S/C19H18N4O5S/c1-26-12-7-11(8-13(9-12)27-2)18-22-23-19(28-18)29-10-16(24)21-15-6-4-3-5-14(15)17(20)25/h3-9H,10H2,1-2H3,(H2,20,25)(H,21,24). The van der Waals surface area contributed by atoms with E-state index in [0.717, 1.165) is 11.8 Å². The molecule has 10 heteroatoms. The van der Waals surface area contributed by atoms with Crippen LogP contribution in [-0.4, -0.2) is 42.0 Å². The van der Waals surface area contributed by atoms with Crippen molar-refractivity contribution in [3.8, 4) is 23.0 Å². The van der Waals surface area contributed by atoms with E-state index in [0.29, 0.717) is 22.7 Å². The number of carbonyl (C=O) groups is 2. The van der Waals surface area contributed by atoms with Crippen molar-refractivity contribution in [3.05, 3.63) is 48.0 Å². The lowest BCUT2D eigenvalue weighted by molar-refractivity contribution is -0.113. The molecule has 1 aromatic heterocycles. The summed E-state index contributed by atoms with van der Waals surface area (Å²) in [5.41, 5.74) is 6.52. The molecule has 0 aliphatic rings. The number of primary amides is 1. The van der Waals surface area contributed by atoms with Gasteiger partial charge in [0.1, 0.15) is 11.5 Å². The van der Waals surface area contributed by atoms with Gasteiger partial charge in [-0.05, 0) is 24.3 Å². The van der Waals surface area contributed by atoms with Gasteiger partial charge >= 0.3 is 0 Å². The van der Waals surface area contributed by atoms with E-state index in [1.807, 2.05) is 0 Å². The quantitative estimate of drug-likeness (QED) is 0.538. The van der Waals surface area contributed by atoms with Crippen LogP contribution in [0.5, 0.6) is 11.5 Å². The predicted molar refractivity (Wildman–Crippen MR) is 107 cm³/mol. The highest BCUT2D eigenvalue weighted by molar-refractivity contribution is 7.99. The Morgan fingerprint density at radius 3 is 2.45 bits per heavy atom. The van der Waals surface area contributed by atoms with Crippen LogP contribution in [0.25, 0.3) is 11.5 Å². The molecule has 0 spiro atoms. The number of nitrogens with two attached hydrogens (primary N) is 1. The number of nitrogens with zero attached hydrogens (tertiary/aromatic N) is 2. The molecule has 1 heterocycles. The van der Waals surface area contributed by atoms with Gasteiger partial charge < -0.3 is 24.9 Å². The summed E-state index contributed by atoms with van der Waals surface area (Å²) in [4.78, 5) is 23.6. The first-order chi connectivity index (χ1) is 14.0. The van der Waals surface area contributed by atoms with Crippen LogP contribution < -0.4 is 20.5 Å². The highest BCUT2D eigenvalue weighted by Crippen LogP contribution is 2.30. The lowest BCUT2D eigenvalue weighted by Crippen LogP contribution is -2.19. The number of ether oxygens (including phenoxy) is 2. The Morgan fingerprint density at radius 2 is 1.79 bits per heavy atom. The number of aromatic nitrogens is 2. The van der Waals surface area contributed by atoms with Crippen LogP contribution in [0.2, 0.25) is 0 Å². The normalized spacial score (nSPS) is 10.4. The smallest absolute Gasteiger partial charge is 0.277 e. The molecule has 3 N–H and O–H groups in total. The van der Waals surface area contributed by atoms with Gasteiger partial charge in [-0.3, -0.25) is 9.59 Å². The van der Waals surface area contributed by atoms with Crippen molar-refractivity contribution in [2.75, 3.05) is 25.3 Å². The maximum atomic E-state index is 12.2. The zero-order chi connectivity index (χ0) is 20.8. The van der Waals surface area contributed by atoms with Crippen molar-refractivity contribution >= 4 is 29.3 Å². The van der Waals surface area contributed by atoms with Gasteiger partial charge in [-0.2, -0.15) is 0 Å². The zero-order valence-electron chi connectivity index (χ0n) is 15.7. The van der Waals surface area contributed by atoms with E-state index in [1.165, 1.54) is 6.07 Å². The molecule has 9 nitrogen and oxygen atoms in total. The number of benzene rings is 2. The van der Waals surface area contributed by atoms with Gasteiger partial charge in [0.2, 0.25) is 11.8 Å². The van der Waals surface area contributed by atoms with Crippen molar-refractivity contribution in [2.24, 2.45) is 5.73 Å². The number of para-hydroxylation sites is 1. The van der Waals surface area contributed by atoms with Gasteiger partial charge in [0.15, 0.2) is 0 Å². The Morgan fingerprint density at radius 1 is 1.10 bits per heavy atom. The first kappa shape index (κ1) is 20.2. The van der Waals surface area contributed by atoms with Crippen LogP contribution >= 0.6 is 11.8 Å². The fourth-order valence-corrected chi connectivity index (χ4v) is 3.00. The SMILES string of the molecule is COc1cc(OC)cc(-c2nnc(SCC(=O)Nc3ccccc3C(N)=O)o2)c1. The van der Waals surface area contributed by atoms with E-state index in [2.05, 4.69) is 15.5 Å². The highest BCUT2D eigenvalue weighted by atomic mass is 32.2. The van der Waals surface area contributed by atoms with Gasteiger partial charge in [-0.1, -0.05) is 23.9 Å². The molecule has 29 heavy (non-hydrogen) atoms. The van der Waals surface area contributed by atoms with Gasteiger partial charge in [-0.15, -0.1) is 10.2 Å². The van der Waals surface area contributed by atoms with Crippen molar-refractivity contribution < 1.29 is 23.5 Å². The number of hydrogen-bond acceptors (Lipinski definition) is 8. The highest BCUT2D eigenvalue weighted by Gasteiger charge is 2.15. The molecule has 0 saturated heterocycles. The first-order valence-corrected chi connectivity index (χ1v) is 9.37. The molecule has 0 aliphatic heterocycles. The molecule has 3 aromatic rings. The fourth-order valence-electron chi connectivity index (χ4n) is 2.44. The van der Waals surface area contributed by atoms with E-state index in [4.69, 9.17) is 19.6 Å². The Hall–Kier alpha value is -3.53. The summed E-state index contributed by atoms with van der Waals surface area (Å²) in [6.07, 6.45) is 0. The number of thioether (sulfide) groups is 1. The fraction of sp³-hybridized carbons (Fsp3) is 0.158. The molecular weight excluding hydrogens is 396 g/mol. The lowest BCUT2D eigenvalue weighted by Gasteiger charge is -2.07. The molecule has 2 amide bonds. The second-order valence-corrected chi connectivity index (χ2v) is 6.65. The van der Waals surface area contributed by atoms with E-state index in [-0.39, 0.29) is 28.3 Å². The van der Waals surface area contributed by atoms with Crippen LogP contribution in [-0.2, 0) is 4.79 Å². The lowest BCUT2D eigenvalue weighted by atomic mass is 10.1. The summed E-state index contributed by atoms with van der Waals surface area (Å²) in [6.45, 7) is 0. The maximum Gasteiger partial charge on any atom is 0.277 e. The summed E-state index contributed by atoms with van der Waals surface area (Å²) in [5.74, 6) is 0.480. The number of hydrogen-bond donors (Lipinski definition) is 2. The number of rotatable bonds is 8. The minimum absolute atomic E-state index is 0.0101. The van der Waals surface area contributed by atoms with Crippen molar-refractivity contribution in [1.82, 2.24) is 10.2 Å². The zero-order valence-corrected chi connectivity index (χ0v) is 16.5. The van der Waals surface area contributed by atoms with Gasteiger partial charge in [0.05, 0.1) is 31.2 Å². The van der Waals surface area contributed by atoms with Crippen molar-refractivity contribution in [1.29, 1.82) is 0 Å². The molecule has 0 unspecified atom stereocenters. The van der Waals surface area contributed by atoms with Crippen LogP contribution in [0, 0.1) is 0 Å². The third-order valence-corrected chi connectivity index (χ3v) is 4.62. The molecule has 0 bridgehead atoms. The molecule has 3 rings (SSSR count). The van der Waals surface area contributed by atoms with Gasteiger partial charge in [-0.25, -0.2) is 0 Å². The molecule has 150 valence electrons. The molecule has 0 saturated carbocycles. The molecule has 0 fully saturated rings. The summed E-state index contributed by atoms with van der Waals surface area (Å²) >= 11 is 1.07. The number of carbonyl (C=O) groups excluding carboxylic acids is 2. The third kappa shape index (κ3) is 5.05. The topological polar surface area (TPSA) is 130 Å². The largest absolute Gasteiger partial charge is 0.497 e. The number of nitrogens with one attached hydrogen (secondary N) is 1. The minimum Gasteiger partial charge on any atom is -0.497 e. The van der Waals surface area contributed by atoms with Crippen molar-refractivity contribution in [3.63, 3.8) is 0 Å². The summed E-state index contributed by atoms with van der Waals surface area (Å²) < 4.78 is 16.1. The minimum atomic E-state index is -0.621. The predicted octanol–water partition coefficient (Wildman–Crippen LogP) is 2.58. The Bertz CT molecular complexity index is 1010. The van der Waals surface area contributed by atoms with E-state index in [9.17, 15) is 9.59 Å². The van der Waals surface area contributed by atoms with Gasteiger partial charge in [0.25, 0.3) is 11.1 Å².